The predicted molar refractivity (Wildman–Crippen MR) is 125 cm³/mol. The first-order valence-corrected chi connectivity index (χ1v) is 14.1. The molecule has 2 aromatic heterocycles. The maximum Gasteiger partial charge on any atom is 0.427 e. The van der Waals surface area contributed by atoms with Crippen molar-refractivity contribution in [1.29, 1.82) is 0 Å². The van der Waals surface area contributed by atoms with Gasteiger partial charge in [0, 0.05) is 6.20 Å². The Hall–Kier alpha value is -2.50. The Balaban J connectivity index is 1.57. The number of nitrogens with zero attached hydrogens (tertiary/aromatic N) is 3. The zero-order valence-electron chi connectivity index (χ0n) is 19.2. The predicted octanol–water partition coefficient (Wildman–Crippen LogP) is 6.05. The lowest BCUT2D eigenvalue weighted by Crippen LogP contribution is -2.40. The molecule has 0 fully saturated rings. The number of rotatable bonds is 7. The van der Waals surface area contributed by atoms with E-state index in [2.05, 4.69) is 49.3 Å². The highest BCUT2D eigenvalue weighted by atomic mass is 32.1. The average Bonchev–Trinajstić information content (AvgIpc) is 3.35. The summed E-state index contributed by atoms with van der Waals surface area (Å²) in [5.74, 6) is -0.485. The van der Waals surface area contributed by atoms with Gasteiger partial charge in [0.2, 0.25) is 5.91 Å². The number of nitrogens with one attached hydrogen (secondary N) is 1. The van der Waals surface area contributed by atoms with Gasteiger partial charge >= 0.3 is 6.18 Å². The highest BCUT2D eigenvalue weighted by Crippen LogP contribution is 2.37. The smallest absolute Gasteiger partial charge is 0.413 e. The third-order valence-electron chi connectivity index (χ3n) is 5.62. The summed E-state index contributed by atoms with van der Waals surface area (Å²) >= 11 is 0.387. The molecule has 33 heavy (non-hydrogen) atoms. The SMILES string of the molecule is CC(C)(C)[Si](C)(C)OCc1ccc(-n2ccc(CC(=O)Nc3ncc(C(F)(F)F)s3)n2)cc1. The van der Waals surface area contributed by atoms with Crippen LogP contribution in [0.5, 0.6) is 0 Å². The van der Waals surface area contributed by atoms with Crippen LogP contribution in [0.2, 0.25) is 18.1 Å². The van der Waals surface area contributed by atoms with Crippen molar-refractivity contribution in [2.45, 2.75) is 58.1 Å². The molecule has 0 unspecified atom stereocenters. The van der Waals surface area contributed by atoms with Crippen molar-refractivity contribution in [3.8, 4) is 5.69 Å². The first kappa shape index (κ1) is 25.1. The van der Waals surface area contributed by atoms with E-state index >= 15 is 0 Å². The van der Waals surface area contributed by atoms with Gasteiger partial charge in [0.05, 0.1) is 30.6 Å². The lowest BCUT2D eigenvalue weighted by molar-refractivity contribution is -0.134. The second-order valence-corrected chi connectivity index (χ2v) is 15.1. The second kappa shape index (κ2) is 9.39. The molecule has 0 aliphatic heterocycles. The zero-order valence-corrected chi connectivity index (χ0v) is 21.0. The molecule has 11 heteroatoms. The van der Waals surface area contributed by atoms with Crippen LogP contribution >= 0.6 is 11.3 Å². The van der Waals surface area contributed by atoms with Gasteiger partial charge in [-0.05, 0) is 41.9 Å². The number of halogens is 3. The first-order valence-electron chi connectivity index (χ1n) is 10.4. The van der Waals surface area contributed by atoms with E-state index in [1.165, 1.54) is 0 Å². The van der Waals surface area contributed by atoms with Crippen LogP contribution in [0.15, 0.2) is 42.7 Å². The van der Waals surface area contributed by atoms with Crippen LogP contribution in [-0.4, -0.2) is 29.0 Å². The molecule has 3 aromatic rings. The zero-order chi connectivity index (χ0) is 24.4. The Morgan fingerprint density at radius 2 is 1.82 bits per heavy atom. The van der Waals surface area contributed by atoms with Gasteiger partial charge < -0.3 is 9.74 Å². The first-order chi connectivity index (χ1) is 15.2. The Morgan fingerprint density at radius 1 is 1.15 bits per heavy atom. The summed E-state index contributed by atoms with van der Waals surface area (Å²) in [5, 5.41) is 6.82. The summed E-state index contributed by atoms with van der Waals surface area (Å²) in [6, 6.07) is 9.51. The monoisotopic (exact) mass is 496 g/mol. The fourth-order valence-corrected chi connectivity index (χ4v) is 4.28. The molecule has 0 saturated heterocycles. The topological polar surface area (TPSA) is 69.0 Å². The summed E-state index contributed by atoms with van der Waals surface area (Å²) in [7, 11) is -1.83. The Kier molecular flexibility index (Phi) is 7.15. The van der Waals surface area contributed by atoms with Crippen LogP contribution in [0.25, 0.3) is 5.69 Å². The van der Waals surface area contributed by atoms with Crippen LogP contribution in [0.1, 0.15) is 36.9 Å². The summed E-state index contributed by atoms with van der Waals surface area (Å²) in [4.78, 5) is 14.9. The van der Waals surface area contributed by atoms with Gasteiger partial charge in [-0.1, -0.05) is 44.2 Å². The largest absolute Gasteiger partial charge is 0.427 e. The van der Waals surface area contributed by atoms with E-state index in [1.807, 2.05) is 24.3 Å². The number of hydrogen-bond donors (Lipinski definition) is 1. The van der Waals surface area contributed by atoms with E-state index in [-0.39, 0.29) is 16.6 Å². The molecule has 0 radical (unpaired) electrons. The molecule has 6 nitrogen and oxygen atoms in total. The van der Waals surface area contributed by atoms with Crippen LogP contribution in [0.3, 0.4) is 0 Å². The molecule has 3 rings (SSSR count). The van der Waals surface area contributed by atoms with Gasteiger partial charge in [-0.15, -0.1) is 0 Å². The van der Waals surface area contributed by atoms with Gasteiger partial charge in [0.15, 0.2) is 13.4 Å². The molecule has 2 heterocycles. The lowest BCUT2D eigenvalue weighted by Gasteiger charge is -2.36. The van der Waals surface area contributed by atoms with Crippen molar-refractivity contribution in [1.82, 2.24) is 14.8 Å². The van der Waals surface area contributed by atoms with Gasteiger partial charge in [-0.2, -0.15) is 18.3 Å². The standard InChI is InChI=1S/C22H27F3N4O2SSi/c1-21(2,3)33(4,5)31-14-15-6-8-17(9-7-15)29-11-10-16(28-29)12-19(30)27-20-26-13-18(32-20)22(23,24)25/h6-11,13H,12,14H2,1-5H3,(H,26,27,30). The molecule has 1 amide bonds. The molecule has 0 spiro atoms. The normalized spacial score (nSPS) is 12.7. The third kappa shape index (κ3) is 6.52. The lowest BCUT2D eigenvalue weighted by atomic mass is 10.2. The van der Waals surface area contributed by atoms with Crippen LogP contribution in [-0.2, 0) is 28.4 Å². The quantitative estimate of drug-likeness (QED) is 0.404. The Morgan fingerprint density at radius 3 is 2.39 bits per heavy atom. The number of benzene rings is 1. The summed E-state index contributed by atoms with van der Waals surface area (Å²) in [5.41, 5.74) is 2.38. The fraction of sp³-hybridized carbons (Fsp3) is 0.409. The number of thiazole rings is 1. The number of carbonyl (C=O) groups is 1. The highest BCUT2D eigenvalue weighted by Gasteiger charge is 2.37. The minimum atomic E-state index is -4.48. The van der Waals surface area contributed by atoms with E-state index in [0.29, 0.717) is 29.8 Å². The number of anilines is 1. The van der Waals surface area contributed by atoms with Crippen molar-refractivity contribution in [3.63, 3.8) is 0 Å². The van der Waals surface area contributed by atoms with E-state index in [1.54, 1.807) is 16.9 Å². The average molecular weight is 497 g/mol. The second-order valence-electron chi connectivity index (χ2n) is 9.22. The van der Waals surface area contributed by atoms with Gasteiger partial charge in [-0.3, -0.25) is 4.79 Å². The minimum absolute atomic E-state index is 0.0770. The molecular formula is C22H27F3N4O2SSi. The maximum absolute atomic E-state index is 12.7. The molecule has 1 N–H and O–H groups in total. The van der Waals surface area contributed by atoms with E-state index in [4.69, 9.17) is 4.43 Å². The summed E-state index contributed by atoms with van der Waals surface area (Å²) in [6.45, 7) is 11.6. The molecule has 0 aliphatic rings. The highest BCUT2D eigenvalue weighted by molar-refractivity contribution is 7.15. The molecule has 0 bridgehead atoms. The van der Waals surface area contributed by atoms with Crippen molar-refractivity contribution in [2.24, 2.45) is 0 Å². The Labute approximate surface area is 195 Å². The molecule has 0 aliphatic carbocycles. The van der Waals surface area contributed by atoms with E-state index < -0.39 is 25.3 Å². The van der Waals surface area contributed by atoms with Crippen molar-refractivity contribution in [2.75, 3.05) is 5.32 Å². The molecular weight excluding hydrogens is 469 g/mol. The molecule has 0 atom stereocenters. The number of carbonyl (C=O) groups excluding carboxylic acids is 1. The molecule has 0 saturated carbocycles. The number of aromatic nitrogens is 3. The van der Waals surface area contributed by atoms with Crippen LogP contribution in [0.4, 0.5) is 18.3 Å². The van der Waals surface area contributed by atoms with E-state index in [9.17, 15) is 18.0 Å². The summed E-state index contributed by atoms with van der Waals surface area (Å²) < 4.78 is 45.9. The maximum atomic E-state index is 12.7. The van der Waals surface area contributed by atoms with Crippen molar-refractivity contribution >= 4 is 30.7 Å². The fourth-order valence-electron chi connectivity index (χ4n) is 2.62. The summed E-state index contributed by atoms with van der Waals surface area (Å²) in [6.07, 6.45) is -2.12. The number of alkyl halides is 3. The Bertz CT molecular complexity index is 1100. The van der Waals surface area contributed by atoms with Gasteiger partial charge in [0.25, 0.3) is 0 Å². The molecule has 178 valence electrons. The van der Waals surface area contributed by atoms with Gasteiger partial charge in [-0.25, -0.2) is 9.67 Å². The number of hydrogen-bond acceptors (Lipinski definition) is 5. The number of amides is 1. The minimum Gasteiger partial charge on any atom is -0.413 e. The van der Waals surface area contributed by atoms with Crippen LogP contribution < -0.4 is 5.32 Å². The van der Waals surface area contributed by atoms with Gasteiger partial charge in [0.1, 0.15) is 4.88 Å². The van der Waals surface area contributed by atoms with Crippen molar-refractivity contribution in [3.05, 3.63) is 58.9 Å². The van der Waals surface area contributed by atoms with Crippen LogP contribution in [0, 0.1) is 0 Å². The van der Waals surface area contributed by atoms with Crippen molar-refractivity contribution < 1.29 is 22.4 Å². The third-order valence-corrected chi connectivity index (χ3v) is 11.1. The van der Waals surface area contributed by atoms with E-state index in [0.717, 1.165) is 11.3 Å². The molecule has 1 aromatic carbocycles.